The van der Waals surface area contributed by atoms with E-state index < -0.39 is 6.10 Å². The largest absolute Gasteiger partial charge is 0.497 e. The maximum absolute atomic E-state index is 13.1. The number of benzene rings is 3. The summed E-state index contributed by atoms with van der Waals surface area (Å²) in [5.74, 6) is 1.02. The Balaban J connectivity index is 1.91. The second-order valence-electron chi connectivity index (χ2n) is 6.11. The second kappa shape index (κ2) is 9.29. The summed E-state index contributed by atoms with van der Waals surface area (Å²) in [6.45, 7) is 0. The van der Waals surface area contributed by atoms with Crippen LogP contribution in [-0.4, -0.2) is 20.1 Å². The van der Waals surface area contributed by atoms with Gasteiger partial charge in [0.05, 0.1) is 25.9 Å². The van der Waals surface area contributed by atoms with Crippen molar-refractivity contribution in [1.29, 1.82) is 5.26 Å². The summed E-state index contributed by atoms with van der Waals surface area (Å²) in [6.07, 6.45) is -0.927. The number of nitriles is 1. The van der Waals surface area contributed by atoms with Crippen LogP contribution in [0, 0.1) is 11.3 Å². The normalized spacial score (nSPS) is 11.1. The smallest absolute Gasteiger partial charge is 0.270 e. The molecular weight excluding hydrogens is 368 g/mol. The molecule has 0 heterocycles. The summed E-state index contributed by atoms with van der Waals surface area (Å²) in [7, 11) is 3.05. The third-order valence-corrected chi connectivity index (χ3v) is 4.22. The second-order valence-corrected chi connectivity index (χ2v) is 6.11. The molecule has 0 saturated carbocycles. The van der Waals surface area contributed by atoms with Gasteiger partial charge in [0.25, 0.3) is 5.91 Å². The number of amides is 1. The molecule has 0 saturated heterocycles. The van der Waals surface area contributed by atoms with Crippen molar-refractivity contribution in [3.05, 3.63) is 83.9 Å². The van der Waals surface area contributed by atoms with E-state index in [-0.39, 0.29) is 5.91 Å². The number of nitrogens with zero attached hydrogens (tertiary/aromatic N) is 1. The quantitative estimate of drug-likeness (QED) is 0.651. The lowest BCUT2D eigenvalue weighted by molar-refractivity contribution is -0.123. The highest BCUT2D eigenvalue weighted by molar-refractivity contribution is 5.95. The molecule has 0 aliphatic rings. The highest BCUT2D eigenvalue weighted by atomic mass is 16.5. The van der Waals surface area contributed by atoms with E-state index in [1.165, 1.54) is 7.11 Å². The van der Waals surface area contributed by atoms with Crippen LogP contribution < -0.4 is 19.5 Å². The number of rotatable bonds is 7. The first kappa shape index (κ1) is 19.8. The van der Waals surface area contributed by atoms with Gasteiger partial charge in [-0.1, -0.05) is 36.4 Å². The van der Waals surface area contributed by atoms with Crippen molar-refractivity contribution in [2.24, 2.45) is 0 Å². The van der Waals surface area contributed by atoms with Gasteiger partial charge < -0.3 is 19.5 Å². The zero-order valence-electron chi connectivity index (χ0n) is 16.1. The Labute approximate surface area is 169 Å². The topological polar surface area (TPSA) is 80.6 Å². The van der Waals surface area contributed by atoms with E-state index in [1.54, 1.807) is 49.6 Å². The highest BCUT2D eigenvalue weighted by Gasteiger charge is 2.24. The van der Waals surface area contributed by atoms with Gasteiger partial charge in [-0.25, -0.2) is 0 Å². The van der Waals surface area contributed by atoms with Gasteiger partial charge in [0, 0.05) is 23.4 Å². The SMILES string of the molecule is COc1cccc(NC(=O)[C@H](Oc2ccc(C#N)cc2OC)c2ccccc2)c1. The van der Waals surface area contributed by atoms with Crippen LogP contribution in [0.2, 0.25) is 0 Å². The Morgan fingerprint density at radius 2 is 1.72 bits per heavy atom. The number of hydrogen-bond donors (Lipinski definition) is 1. The molecule has 1 amide bonds. The predicted molar refractivity (Wildman–Crippen MR) is 109 cm³/mol. The summed E-state index contributed by atoms with van der Waals surface area (Å²) >= 11 is 0. The lowest BCUT2D eigenvalue weighted by atomic mass is 10.1. The van der Waals surface area contributed by atoms with Gasteiger partial charge in [-0.2, -0.15) is 5.26 Å². The molecule has 3 rings (SSSR count). The molecule has 0 spiro atoms. The van der Waals surface area contributed by atoms with Crippen molar-refractivity contribution in [1.82, 2.24) is 0 Å². The monoisotopic (exact) mass is 388 g/mol. The van der Waals surface area contributed by atoms with Crippen LogP contribution in [0.4, 0.5) is 5.69 Å². The molecule has 0 aromatic heterocycles. The Morgan fingerprint density at radius 3 is 2.41 bits per heavy atom. The number of nitrogens with one attached hydrogen (secondary N) is 1. The fourth-order valence-electron chi connectivity index (χ4n) is 2.77. The zero-order chi connectivity index (χ0) is 20.6. The van der Waals surface area contributed by atoms with Crippen LogP contribution in [0.5, 0.6) is 17.2 Å². The van der Waals surface area contributed by atoms with Gasteiger partial charge in [-0.3, -0.25) is 4.79 Å². The third-order valence-electron chi connectivity index (χ3n) is 4.22. The third kappa shape index (κ3) is 4.85. The molecule has 0 aliphatic heterocycles. The van der Waals surface area contributed by atoms with Crippen molar-refractivity contribution in [2.75, 3.05) is 19.5 Å². The zero-order valence-corrected chi connectivity index (χ0v) is 16.1. The molecule has 6 heteroatoms. The molecule has 0 fully saturated rings. The van der Waals surface area contributed by atoms with Gasteiger partial charge in [-0.05, 0) is 24.3 Å². The van der Waals surface area contributed by atoms with Crippen LogP contribution >= 0.6 is 0 Å². The van der Waals surface area contributed by atoms with E-state index in [0.717, 1.165) is 0 Å². The molecule has 3 aromatic rings. The van der Waals surface area contributed by atoms with Crippen LogP contribution in [0.25, 0.3) is 0 Å². The van der Waals surface area contributed by atoms with Gasteiger partial charge in [0.1, 0.15) is 5.75 Å². The molecule has 0 bridgehead atoms. The molecule has 3 aromatic carbocycles. The van der Waals surface area contributed by atoms with Crippen LogP contribution in [0.1, 0.15) is 17.2 Å². The number of anilines is 1. The predicted octanol–water partition coefficient (Wildman–Crippen LogP) is 4.33. The Morgan fingerprint density at radius 1 is 0.931 bits per heavy atom. The van der Waals surface area contributed by atoms with Gasteiger partial charge >= 0.3 is 0 Å². The van der Waals surface area contributed by atoms with Crippen LogP contribution in [0.3, 0.4) is 0 Å². The summed E-state index contributed by atoms with van der Waals surface area (Å²) in [5.41, 5.74) is 1.70. The first-order chi connectivity index (χ1) is 14.1. The number of carbonyl (C=O) groups is 1. The maximum Gasteiger partial charge on any atom is 0.270 e. The number of methoxy groups -OCH3 is 2. The lowest BCUT2D eigenvalue weighted by Gasteiger charge is -2.21. The Hall–Kier alpha value is -3.98. The summed E-state index contributed by atoms with van der Waals surface area (Å²) in [4.78, 5) is 13.1. The first-order valence-corrected chi connectivity index (χ1v) is 8.89. The van der Waals surface area contributed by atoms with Crippen molar-refractivity contribution in [3.8, 4) is 23.3 Å². The van der Waals surface area contributed by atoms with Crippen molar-refractivity contribution in [3.63, 3.8) is 0 Å². The van der Waals surface area contributed by atoms with E-state index in [1.807, 2.05) is 30.3 Å². The van der Waals surface area contributed by atoms with Crippen LogP contribution in [0.15, 0.2) is 72.8 Å². The molecule has 146 valence electrons. The summed E-state index contributed by atoms with van der Waals surface area (Å²) in [5, 5.41) is 11.9. The Kier molecular flexibility index (Phi) is 6.33. The molecule has 29 heavy (non-hydrogen) atoms. The molecule has 0 aliphatic carbocycles. The number of carbonyl (C=O) groups excluding carboxylic acids is 1. The van der Waals surface area contributed by atoms with Gasteiger partial charge in [-0.15, -0.1) is 0 Å². The van der Waals surface area contributed by atoms with Crippen LogP contribution in [-0.2, 0) is 4.79 Å². The number of ether oxygens (including phenoxy) is 3. The summed E-state index contributed by atoms with van der Waals surface area (Å²) < 4.78 is 16.6. The van der Waals surface area contributed by atoms with Gasteiger partial charge in [0.15, 0.2) is 11.5 Å². The summed E-state index contributed by atoms with van der Waals surface area (Å²) in [6, 6.07) is 23.1. The van der Waals surface area contributed by atoms with Crippen molar-refractivity contribution >= 4 is 11.6 Å². The molecular formula is C23H20N2O4. The highest BCUT2D eigenvalue weighted by Crippen LogP contribution is 2.33. The standard InChI is InChI=1S/C23H20N2O4/c1-27-19-10-6-9-18(14-19)25-23(26)22(17-7-4-3-5-8-17)29-20-12-11-16(15-24)13-21(20)28-2/h3-14,22H,1-2H3,(H,25,26)/t22-/m1/s1. The van der Waals surface area contributed by atoms with E-state index >= 15 is 0 Å². The lowest BCUT2D eigenvalue weighted by Crippen LogP contribution is -2.25. The first-order valence-electron chi connectivity index (χ1n) is 8.89. The fraction of sp³-hybridized carbons (Fsp3) is 0.130. The minimum Gasteiger partial charge on any atom is -0.497 e. The molecule has 1 atom stereocenters. The van der Waals surface area contributed by atoms with E-state index in [0.29, 0.717) is 34.1 Å². The Bertz CT molecular complexity index is 1030. The average Bonchev–Trinajstić information content (AvgIpc) is 2.78. The van der Waals surface area contributed by atoms with E-state index in [4.69, 9.17) is 19.5 Å². The average molecular weight is 388 g/mol. The van der Waals surface area contributed by atoms with Gasteiger partial charge in [0.2, 0.25) is 6.10 Å². The minimum atomic E-state index is -0.927. The maximum atomic E-state index is 13.1. The molecule has 0 unspecified atom stereocenters. The molecule has 1 N–H and O–H groups in total. The molecule has 6 nitrogen and oxygen atoms in total. The minimum absolute atomic E-state index is 0.351. The van der Waals surface area contributed by atoms with Crippen molar-refractivity contribution < 1.29 is 19.0 Å². The van der Waals surface area contributed by atoms with Crippen molar-refractivity contribution in [2.45, 2.75) is 6.10 Å². The number of hydrogen-bond acceptors (Lipinski definition) is 5. The van der Waals surface area contributed by atoms with E-state index in [9.17, 15) is 4.79 Å². The fourth-order valence-corrected chi connectivity index (χ4v) is 2.77. The van der Waals surface area contributed by atoms with E-state index in [2.05, 4.69) is 11.4 Å². The molecule has 0 radical (unpaired) electrons.